The lowest BCUT2D eigenvalue weighted by atomic mass is 10.1. The van der Waals surface area contributed by atoms with Crippen molar-refractivity contribution in [3.8, 4) is 16.2 Å². The number of thiophene rings is 1. The molecule has 0 amide bonds. The molecule has 27 heavy (non-hydrogen) atoms. The van der Waals surface area contributed by atoms with Gasteiger partial charge in [0.2, 0.25) is 0 Å². The molecule has 3 aromatic rings. The summed E-state index contributed by atoms with van der Waals surface area (Å²) < 4.78 is 10.5. The van der Waals surface area contributed by atoms with E-state index in [1.807, 2.05) is 36.4 Å². The molecule has 0 aliphatic rings. The van der Waals surface area contributed by atoms with Gasteiger partial charge in [-0.15, -0.1) is 11.3 Å². The van der Waals surface area contributed by atoms with Gasteiger partial charge in [-0.3, -0.25) is 0 Å². The van der Waals surface area contributed by atoms with Crippen molar-refractivity contribution in [3.63, 3.8) is 0 Å². The summed E-state index contributed by atoms with van der Waals surface area (Å²) >= 11 is 1.06. The van der Waals surface area contributed by atoms with Crippen LogP contribution in [0.25, 0.3) is 10.4 Å². The van der Waals surface area contributed by atoms with Gasteiger partial charge in [-0.25, -0.2) is 9.59 Å². The van der Waals surface area contributed by atoms with Crippen molar-refractivity contribution in [2.75, 3.05) is 11.9 Å². The van der Waals surface area contributed by atoms with Gasteiger partial charge in [0.05, 0.1) is 12.8 Å². The first-order valence-electron chi connectivity index (χ1n) is 8.03. The first-order valence-corrected chi connectivity index (χ1v) is 8.85. The summed E-state index contributed by atoms with van der Waals surface area (Å²) in [7, 11) is 0. The quantitative estimate of drug-likeness (QED) is 0.534. The van der Waals surface area contributed by atoms with Crippen molar-refractivity contribution in [3.05, 3.63) is 58.9 Å². The highest BCUT2D eigenvalue weighted by Crippen LogP contribution is 2.42. The predicted octanol–water partition coefficient (Wildman–Crippen LogP) is 4.09. The average Bonchev–Trinajstić information content (AvgIpc) is 3.26. The van der Waals surface area contributed by atoms with Crippen molar-refractivity contribution in [2.24, 2.45) is 0 Å². The Hall–Kier alpha value is -3.26. The normalized spacial score (nSPS) is 10.6. The zero-order valence-electron chi connectivity index (χ0n) is 14.4. The second-order valence-electron chi connectivity index (χ2n) is 5.72. The van der Waals surface area contributed by atoms with Gasteiger partial charge in [-0.2, -0.15) is 0 Å². The first-order chi connectivity index (χ1) is 13.0. The van der Waals surface area contributed by atoms with Crippen LogP contribution in [0.4, 0.5) is 5.69 Å². The fraction of sp³-hybridized carbons (Fsp3) is 0.158. The van der Waals surface area contributed by atoms with Gasteiger partial charge in [0, 0.05) is 16.1 Å². The summed E-state index contributed by atoms with van der Waals surface area (Å²) in [5, 5.41) is 21.5. The second kappa shape index (κ2) is 7.96. The Kier molecular flexibility index (Phi) is 5.46. The van der Waals surface area contributed by atoms with E-state index in [4.69, 9.17) is 14.3 Å². The SMILES string of the molecule is Cc1c(-c2cccc(NCc3ccco3)c2)sc(C(=O)O)c1OCC(=O)O. The Labute approximate surface area is 158 Å². The molecule has 0 saturated heterocycles. The Bertz CT molecular complexity index is 961. The number of ether oxygens (including phenoxy) is 1. The first kappa shape index (κ1) is 18.5. The molecule has 0 saturated carbocycles. The van der Waals surface area contributed by atoms with Gasteiger partial charge in [-0.05, 0) is 36.8 Å². The Morgan fingerprint density at radius 1 is 1.22 bits per heavy atom. The van der Waals surface area contributed by atoms with E-state index in [9.17, 15) is 14.7 Å². The zero-order chi connectivity index (χ0) is 19.4. The molecule has 0 radical (unpaired) electrons. The molecule has 1 aromatic carbocycles. The molecule has 2 aromatic heterocycles. The molecule has 0 bridgehead atoms. The predicted molar refractivity (Wildman–Crippen MR) is 101 cm³/mol. The number of nitrogens with one attached hydrogen (secondary N) is 1. The van der Waals surface area contributed by atoms with Crippen LogP contribution in [0, 0.1) is 6.92 Å². The molecule has 0 atom stereocenters. The number of hydrogen-bond acceptors (Lipinski definition) is 6. The maximum absolute atomic E-state index is 11.5. The van der Waals surface area contributed by atoms with E-state index in [1.54, 1.807) is 13.2 Å². The van der Waals surface area contributed by atoms with Gasteiger partial charge in [0.25, 0.3) is 0 Å². The zero-order valence-corrected chi connectivity index (χ0v) is 15.2. The standard InChI is InChI=1S/C19H17NO6S/c1-11-16(26-10-15(21)22)18(19(23)24)27-17(11)12-4-2-5-13(8-12)20-9-14-6-3-7-25-14/h2-8,20H,9-10H2,1H3,(H,21,22)(H,23,24). The van der Waals surface area contributed by atoms with Crippen molar-refractivity contribution >= 4 is 29.0 Å². The van der Waals surface area contributed by atoms with Crippen LogP contribution in [0.15, 0.2) is 47.1 Å². The van der Waals surface area contributed by atoms with Crippen LogP contribution < -0.4 is 10.1 Å². The molecule has 0 aliphatic carbocycles. The molecule has 0 unspecified atom stereocenters. The second-order valence-corrected chi connectivity index (χ2v) is 6.74. The average molecular weight is 387 g/mol. The van der Waals surface area contributed by atoms with Crippen molar-refractivity contribution in [1.29, 1.82) is 0 Å². The number of carboxylic acids is 2. The van der Waals surface area contributed by atoms with Crippen molar-refractivity contribution in [1.82, 2.24) is 0 Å². The van der Waals surface area contributed by atoms with E-state index in [2.05, 4.69) is 5.32 Å². The highest BCUT2D eigenvalue weighted by molar-refractivity contribution is 7.18. The van der Waals surface area contributed by atoms with Crippen LogP contribution in [0.3, 0.4) is 0 Å². The Balaban J connectivity index is 1.89. The Morgan fingerprint density at radius 2 is 2.04 bits per heavy atom. The molecule has 8 heteroatoms. The molecule has 3 rings (SSSR count). The maximum atomic E-state index is 11.5. The van der Waals surface area contributed by atoms with Gasteiger partial charge in [0.1, 0.15) is 11.5 Å². The molecule has 2 heterocycles. The van der Waals surface area contributed by atoms with Gasteiger partial charge < -0.3 is 24.7 Å². The van der Waals surface area contributed by atoms with Crippen LogP contribution in [-0.2, 0) is 11.3 Å². The minimum Gasteiger partial charge on any atom is -0.480 e. The summed E-state index contributed by atoms with van der Waals surface area (Å²) in [6.07, 6.45) is 1.61. The number of anilines is 1. The molecule has 0 aliphatic heterocycles. The third-order valence-electron chi connectivity index (χ3n) is 3.80. The fourth-order valence-electron chi connectivity index (χ4n) is 2.60. The summed E-state index contributed by atoms with van der Waals surface area (Å²) in [6.45, 7) is 1.65. The molecule has 7 nitrogen and oxygen atoms in total. The summed E-state index contributed by atoms with van der Waals surface area (Å²) in [5.41, 5.74) is 2.26. The smallest absolute Gasteiger partial charge is 0.349 e. The van der Waals surface area contributed by atoms with E-state index in [0.29, 0.717) is 12.1 Å². The minimum atomic E-state index is -1.16. The number of furan rings is 1. The number of aromatic carboxylic acids is 1. The van der Waals surface area contributed by atoms with Gasteiger partial charge in [-0.1, -0.05) is 12.1 Å². The lowest BCUT2D eigenvalue weighted by Gasteiger charge is -2.08. The summed E-state index contributed by atoms with van der Waals surface area (Å²) in [5.74, 6) is -1.42. The number of aliphatic carboxylic acids is 1. The highest BCUT2D eigenvalue weighted by atomic mass is 32.1. The molecular formula is C19H17NO6S. The summed E-state index contributed by atoms with van der Waals surface area (Å²) in [6, 6.07) is 11.2. The maximum Gasteiger partial charge on any atom is 0.349 e. The monoisotopic (exact) mass is 387 g/mol. The fourth-order valence-corrected chi connectivity index (χ4v) is 3.68. The van der Waals surface area contributed by atoms with Crippen LogP contribution in [0.2, 0.25) is 0 Å². The van der Waals surface area contributed by atoms with Gasteiger partial charge in [0.15, 0.2) is 11.5 Å². The number of carboxylic acid groups (broad SMARTS) is 2. The van der Waals surface area contributed by atoms with Crippen LogP contribution >= 0.6 is 11.3 Å². The molecule has 140 valence electrons. The molecule has 0 fully saturated rings. The van der Waals surface area contributed by atoms with E-state index in [1.165, 1.54) is 0 Å². The number of carbonyl (C=O) groups is 2. The lowest BCUT2D eigenvalue weighted by molar-refractivity contribution is -0.139. The van der Waals surface area contributed by atoms with E-state index in [0.717, 1.165) is 33.2 Å². The lowest BCUT2D eigenvalue weighted by Crippen LogP contribution is -2.11. The Morgan fingerprint density at radius 3 is 2.70 bits per heavy atom. The van der Waals surface area contributed by atoms with E-state index in [-0.39, 0.29) is 10.6 Å². The van der Waals surface area contributed by atoms with Crippen LogP contribution in [-0.4, -0.2) is 28.8 Å². The third-order valence-corrected chi connectivity index (χ3v) is 5.11. The van der Waals surface area contributed by atoms with E-state index < -0.39 is 18.5 Å². The van der Waals surface area contributed by atoms with Crippen molar-refractivity contribution in [2.45, 2.75) is 13.5 Å². The highest BCUT2D eigenvalue weighted by Gasteiger charge is 2.23. The largest absolute Gasteiger partial charge is 0.480 e. The van der Waals surface area contributed by atoms with Crippen LogP contribution in [0.1, 0.15) is 21.0 Å². The minimum absolute atomic E-state index is 0.0160. The number of hydrogen-bond donors (Lipinski definition) is 3. The molecular weight excluding hydrogens is 370 g/mol. The third kappa shape index (κ3) is 4.29. The molecule has 0 spiro atoms. The summed E-state index contributed by atoms with van der Waals surface area (Å²) in [4.78, 5) is 23.0. The van der Waals surface area contributed by atoms with Gasteiger partial charge >= 0.3 is 11.9 Å². The molecule has 3 N–H and O–H groups in total. The van der Waals surface area contributed by atoms with Crippen LogP contribution in [0.5, 0.6) is 5.75 Å². The number of benzene rings is 1. The number of rotatable bonds is 8. The van der Waals surface area contributed by atoms with Crippen molar-refractivity contribution < 1.29 is 29.0 Å². The van der Waals surface area contributed by atoms with E-state index >= 15 is 0 Å². The topological polar surface area (TPSA) is 109 Å².